The molecule has 1 atom stereocenters. The summed E-state index contributed by atoms with van der Waals surface area (Å²) in [5.41, 5.74) is 0.990. The summed E-state index contributed by atoms with van der Waals surface area (Å²) in [6.45, 7) is 1.98. The van der Waals surface area contributed by atoms with Crippen LogP contribution in [-0.4, -0.2) is 37.4 Å². The molecule has 2 aromatic rings. The van der Waals surface area contributed by atoms with E-state index in [4.69, 9.17) is 4.74 Å². The summed E-state index contributed by atoms with van der Waals surface area (Å²) in [5, 5.41) is 2.62. The van der Waals surface area contributed by atoms with Gasteiger partial charge in [0.2, 0.25) is 5.91 Å². The maximum Gasteiger partial charge on any atom is 0.573 e. The van der Waals surface area contributed by atoms with E-state index in [0.29, 0.717) is 17.8 Å². The fraction of sp³-hybridized carbons (Fsp3) is 0.316. The highest BCUT2D eigenvalue weighted by Crippen LogP contribution is 2.24. The van der Waals surface area contributed by atoms with Gasteiger partial charge in [-0.3, -0.25) is 9.69 Å². The van der Waals surface area contributed by atoms with Gasteiger partial charge in [0.1, 0.15) is 5.75 Å². The molecule has 2 aromatic carbocycles. The fourth-order valence-corrected chi connectivity index (χ4v) is 2.42. The molecule has 0 spiro atoms. The van der Waals surface area contributed by atoms with Crippen molar-refractivity contribution in [3.05, 3.63) is 53.8 Å². The van der Waals surface area contributed by atoms with Crippen LogP contribution in [0, 0.1) is 5.82 Å². The van der Waals surface area contributed by atoms with Crippen molar-refractivity contribution in [3.63, 3.8) is 0 Å². The minimum Gasteiger partial charge on any atom is -0.494 e. The van der Waals surface area contributed by atoms with E-state index in [2.05, 4.69) is 10.1 Å². The first-order valence-electron chi connectivity index (χ1n) is 8.28. The Morgan fingerprint density at radius 2 is 1.82 bits per heavy atom. The number of amides is 1. The molecular weight excluding hydrogens is 380 g/mol. The molecule has 0 radical (unpaired) electrons. The fourth-order valence-electron chi connectivity index (χ4n) is 2.42. The molecule has 9 heteroatoms. The van der Waals surface area contributed by atoms with Crippen LogP contribution in [0.4, 0.5) is 23.2 Å². The van der Waals surface area contributed by atoms with E-state index in [0.717, 1.165) is 12.1 Å². The number of anilines is 1. The van der Waals surface area contributed by atoms with Gasteiger partial charge in [-0.25, -0.2) is 4.39 Å². The highest BCUT2D eigenvalue weighted by atomic mass is 19.4. The lowest BCUT2D eigenvalue weighted by Crippen LogP contribution is -2.39. The van der Waals surface area contributed by atoms with Crippen molar-refractivity contribution in [2.45, 2.75) is 25.9 Å². The molecule has 0 aliphatic heterocycles. The number of carbonyl (C=O) groups is 1. The van der Waals surface area contributed by atoms with Crippen molar-refractivity contribution in [2.24, 2.45) is 0 Å². The van der Waals surface area contributed by atoms with Crippen LogP contribution in [0.3, 0.4) is 0 Å². The summed E-state index contributed by atoms with van der Waals surface area (Å²) < 4.78 is 58.9. The van der Waals surface area contributed by atoms with Gasteiger partial charge in [-0.15, -0.1) is 13.2 Å². The SMILES string of the molecule is COc1ccc(CN(C)[C@@H](C)C(=O)Nc2ccc(OC(F)(F)F)cc2)cc1F. The number of likely N-dealkylation sites (N-methyl/N-ethyl adjacent to an activating group) is 1. The summed E-state index contributed by atoms with van der Waals surface area (Å²) in [6.07, 6.45) is -4.77. The van der Waals surface area contributed by atoms with Gasteiger partial charge in [-0.1, -0.05) is 6.07 Å². The van der Waals surface area contributed by atoms with E-state index in [9.17, 15) is 22.4 Å². The van der Waals surface area contributed by atoms with Gasteiger partial charge < -0.3 is 14.8 Å². The standard InChI is InChI=1S/C19H20F4N2O3/c1-12(25(2)11-13-4-9-17(27-3)16(20)10-13)18(26)24-14-5-7-15(8-6-14)28-19(21,22)23/h4-10,12H,11H2,1-3H3,(H,24,26)/t12-/m0/s1. The molecule has 2 rings (SSSR count). The number of alkyl halides is 3. The quantitative estimate of drug-likeness (QED) is 0.708. The Labute approximate surface area is 159 Å². The highest BCUT2D eigenvalue weighted by molar-refractivity contribution is 5.94. The summed E-state index contributed by atoms with van der Waals surface area (Å²) in [5.74, 6) is -1.10. The first kappa shape index (κ1) is 21.5. The maximum absolute atomic E-state index is 13.8. The molecule has 0 aromatic heterocycles. The van der Waals surface area contributed by atoms with Crippen molar-refractivity contribution >= 4 is 11.6 Å². The Kier molecular flexibility index (Phi) is 6.85. The van der Waals surface area contributed by atoms with Crippen molar-refractivity contribution in [2.75, 3.05) is 19.5 Å². The summed E-state index contributed by atoms with van der Waals surface area (Å²) >= 11 is 0. The van der Waals surface area contributed by atoms with Crippen molar-refractivity contribution < 1.29 is 31.8 Å². The summed E-state index contributed by atoms with van der Waals surface area (Å²) in [7, 11) is 3.07. The van der Waals surface area contributed by atoms with Gasteiger partial charge in [-0.05, 0) is 55.9 Å². The molecule has 1 amide bonds. The molecular formula is C19H20F4N2O3. The molecule has 0 unspecified atom stereocenters. The zero-order chi connectivity index (χ0) is 20.9. The Bertz CT molecular complexity index is 810. The van der Waals surface area contributed by atoms with Crippen LogP contribution in [-0.2, 0) is 11.3 Å². The third-order valence-electron chi connectivity index (χ3n) is 4.04. The molecule has 1 N–H and O–H groups in total. The number of ether oxygens (including phenoxy) is 2. The lowest BCUT2D eigenvalue weighted by atomic mass is 10.1. The average Bonchev–Trinajstić information content (AvgIpc) is 2.61. The van der Waals surface area contributed by atoms with E-state index >= 15 is 0 Å². The third kappa shape index (κ3) is 6.12. The van der Waals surface area contributed by atoms with Crippen LogP contribution in [0.5, 0.6) is 11.5 Å². The Balaban J connectivity index is 1.95. The van der Waals surface area contributed by atoms with Crippen molar-refractivity contribution in [1.82, 2.24) is 4.90 Å². The van der Waals surface area contributed by atoms with E-state index in [1.165, 1.54) is 31.4 Å². The molecule has 152 valence electrons. The molecule has 28 heavy (non-hydrogen) atoms. The maximum atomic E-state index is 13.8. The molecule has 0 heterocycles. The topological polar surface area (TPSA) is 50.8 Å². The zero-order valence-corrected chi connectivity index (χ0v) is 15.5. The van der Waals surface area contributed by atoms with E-state index in [1.807, 2.05) is 0 Å². The van der Waals surface area contributed by atoms with Gasteiger partial charge >= 0.3 is 6.36 Å². The van der Waals surface area contributed by atoms with Gasteiger partial charge in [-0.2, -0.15) is 0 Å². The van der Waals surface area contributed by atoms with Crippen LogP contribution >= 0.6 is 0 Å². The first-order valence-corrected chi connectivity index (χ1v) is 8.28. The zero-order valence-electron chi connectivity index (χ0n) is 15.5. The second kappa shape index (κ2) is 8.92. The number of nitrogens with one attached hydrogen (secondary N) is 1. The number of rotatable bonds is 7. The van der Waals surface area contributed by atoms with Gasteiger partial charge in [0.15, 0.2) is 11.6 Å². The molecule has 0 saturated heterocycles. The summed E-state index contributed by atoms with van der Waals surface area (Å²) in [4.78, 5) is 14.1. The largest absolute Gasteiger partial charge is 0.573 e. The van der Waals surface area contributed by atoms with E-state index in [-0.39, 0.29) is 17.4 Å². The molecule has 0 saturated carbocycles. The van der Waals surface area contributed by atoms with Crippen LogP contribution in [0.15, 0.2) is 42.5 Å². The molecule has 0 fully saturated rings. The molecule has 0 aliphatic carbocycles. The minimum absolute atomic E-state index is 0.134. The number of hydrogen-bond acceptors (Lipinski definition) is 4. The second-order valence-corrected chi connectivity index (χ2v) is 6.12. The van der Waals surface area contributed by atoms with Crippen molar-refractivity contribution in [1.29, 1.82) is 0 Å². The van der Waals surface area contributed by atoms with Gasteiger partial charge in [0.05, 0.1) is 13.2 Å². The average molecular weight is 400 g/mol. The monoisotopic (exact) mass is 400 g/mol. The molecule has 0 bridgehead atoms. The number of halogens is 4. The molecule has 0 aliphatic rings. The minimum atomic E-state index is -4.77. The number of hydrogen-bond donors (Lipinski definition) is 1. The predicted octanol–water partition coefficient (Wildman–Crippen LogP) is 4.19. The number of methoxy groups -OCH3 is 1. The van der Waals surface area contributed by atoms with Crippen LogP contribution < -0.4 is 14.8 Å². The second-order valence-electron chi connectivity index (χ2n) is 6.12. The first-order chi connectivity index (χ1) is 13.1. The Morgan fingerprint density at radius 3 is 2.36 bits per heavy atom. The van der Waals surface area contributed by atoms with Crippen LogP contribution in [0.25, 0.3) is 0 Å². The smallest absolute Gasteiger partial charge is 0.494 e. The normalized spacial score (nSPS) is 12.6. The predicted molar refractivity (Wildman–Crippen MR) is 95.6 cm³/mol. The van der Waals surface area contributed by atoms with E-state index in [1.54, 1.807) is 24.9 Å². The Hall–Kier alpha value is -2.81. The summed E-state index contributed by atoms with van der Waals surface area (Å²) in [6, 6.07) is 8.80. The van der Waals surface area contributed by atoms with Crippen molar-refractivity contribution in [3.8, 4) is 11.5 Å². The van der Waals surface area contributed by atoms with Crippen LogP contribution in [0.2, 0.25) is 0 Å². The lowest BCUT2D eigenvalue weighted by molar-refractivity contribution is -0.274. The lowest BCUT2D eigenvalue weighted by Gasteiger charge is -2.24. The Morgan fingerprint density at radius 1 is 1.18 bits per heavy atom. The van der Waals surface area contributed by atoms with Crippen LogP contribution in [0.1, 0.15) is 12.5 Å². The van der Waals surface area contributed by atoms with Gasteiger partial charge in [0.25, 0.3) is 0 Å². The van der Waals surface area contributed by atoms with Gasteiger partial charge in [0, 0.05) is 12.2 Å². The number of benzene rings is 2. The molecule has 5 nitrogen and oxygen atoms in total. The third-order valence-corrected chi connectivity index (χ3v) is 4.04. The number of carbonyl (C=O) groups excluding carboxylic acids is 1. The van der Waals surface area contributed by atoms with E-state index < -0.39 is 18.2 Å². The number of nitrogens with zero attached hydrogens (tertiary/aromatic N) is 1. The highest BCUT2D eigenvalue weighted by Gasteiger charge is 2.31.